The van der Waals surface area contributed by atoms with Gasteiger partial charge in [0.25, 0.3) is 0 Å². The van der Waals surface area contributed by atoms with Crippen LogP contribution in [0, 0.1) is 0 Å². The molecule has 92 valence electrons. The Morgan fingerprint density at radius 1 is 1.13 bits per heavy atom. The maximum atomic E-state index is 5.93. The second kappa shape index (κ2) is 8.08. The molecular formula is C12H28N2O. The molecule has 0 aliphatic rings. The summed E-state index contributed by atoms with van der Waals surface area (Å²) < 4.78 is 5.41. The lowest BCUT2D eigenvalue weighted by molar-refractivity contribution is 0.0469. The first-order valence-electron chi connectivity index (χ1n) is 6.23. The lowest BCUT2D eigenvalue weighted by Crippen LogP contribution is -2.54. The molecule has 0 rings (SSSR count). The molecular weight excluding hydrogens is 188 g/mol. The van der Waals surface area contributed by atoms with Gasteiger partial charge in [-0.25, -0.2) is 0 Å². The minimum Gasteiger partial charge on any atom is -0.380 e. The van der Waals surface area contributed by atoms with Crippen LogP contribution in [-0.2, 0) is 4.74 Å². The minimum absolute atomic E-state index is 0.172. The fourth-order valence-corrected chi connectivity index (χ4v) is 2.16. The molecule has 0 aromatic carbocycles. The third-order valence-electron chi connectivity index (χ3n) is 3.46. The summed E-state index contributed by atoms with van der Waals surface area (Å²) in [7, 11) is 0. The largest absolute Gasteiger partial charge is 0.380 e. The van der Waals surface area contributed by atoms with Crippen molar-refractivity contribution in [3.05, 3.63) is 0 Å². The summed E-state index contributed by atoms with van der Waals surface area (Å²) >= 11 is 0. The van der Waals surface area contributed by atoms with Crippen molar-refractivity contribution in [1.29, 1.82) is 0 Å². The SMILES string of the molecule is CCOCCN(CC)C(CC)(CC)CN. The van der Waals surface area contributed by atoms with Gasteiger partial charge >= 0.3 is 0 Å². The van der Waals surface area contributed by atoms with Crippen molar-refractivity contribution >= 4 is 0 Å². The zero-order valence-electron chi connectivity index (χ0n) is 10.9. The van der Waals surface area contributed by atoms with E-state index in [-0.39, 0.29) is 5.54 Å². The number of nitrogens with two attached hydrogens (primary N) is 1. The van der Waals surface area contributed by atoms with Crippen LogP contribution in [0.1, 0.15) is 40.5 Å². The van der Waals surface area contributed by atoms with E-state index in [9.17, 15) is 0 Å². The summed E-state index contributed by atoms with van der Waals surface area (Å²) in [5.74, 6) is 0. The zero-order chi connectivity index (χ0) is 11.7. The van der Waals surface area contributed by atoms with Gasteiger partial charge in [-0.2, -0.15) is 0 Å². The van der Waals surface area contributed by atoms with Crippen LogP contribution in [-0.4, -0.2) is 43.3 Å². The first-order valence-corrected chi connectivity index (χ1v) is 6.23. The van der Waals surface area contributed by atoms with Gasteiger partial charge in [-0.1, -0.05) is 20.8 Å². The van der Waals surface area contributed by atoms with E-state index in [0.717, 1.165) is 45.7 Å². The van der Waals surface area contributed by atoms with Crippen LogP contribution in [0.2, 0.25) is 0 Å². The number of hydrogen-bond donors (Lipinski definition) is 1. The van der Waals surface area contributed by atoms with Gasteiger partial charge in [-0.3, -0.25) is 4.90 Å². The number of rotatable bonds is 9. The molecule has 0 aliphatic carbocycles. The summed E-state index contributed by atoms with van der Waals surface area (Å²) in [6, 6.07) is 0. The van der Waals surface area contributed by atoms with E-state index in [4.69, 9.17) is 10.5 Å². The van der Waals surface area contributed by atoms with Crippen molar-refractivity contribution < 1.29 is 4.74 Å². The Morgan fingerprint density at radius 2 is 1.73 bits per heavy atom. The quantitative estimate of drug-likeness (QED) is 0.598. The third kappa shape index (κ3) is 4.09. The monoisotopic (exact) mass is 216 g/mol. The highest BCUT2D eigenvalue weighted by molar-refractivity contribution is 4.88. The molecule has 0 saturated heterocycles. The van der Waals surface area contributed by atoms with Crippen LogP contribution >= 0.6 is 0 Å². The van der Waals surface area contributed by atoms with E-state index < -0.39 is 0 Å². The second-order valence-electron chi connectivity index (χ2n) is 3.91. The molecule has 0 bridgehead atoms. The zero-order valence-corrected chi connectivity index (χ0v) is 10.9. The smallest absolute Gasteiger partial charge is 0.0593 e. The lowest BCUT2D eigenvalue weighted by Gasteiger charge is -2.42. The highest BCUT2D eigenvalue weighted by atomic mass is 16.5. The van der Waals surface area contributed by atoms with Gasteiger partial charge in [-0.05, 0) is 26.3 Å². The average Bonchev–Trinajstić information content (AvgIpc) is 2.29. The molecule has 0 spiro atoms. The Bertz CT molecular complexity index is 138. The topological polar surface area (TPSA) is 38.5 Å². The van der Waals surface area contributed by atoms with Crippen molar-refractivity contribution in [1.82, 2.24) is 4.90 Å². The molecule has 0 aliphatic heterocycles. The van der Waals surface area contributed by atoms with Crippen LogP contribution < -0.4 is 5.73 Å². The van der Waals surface area contributed by atoms with Gasteiger partial charge in [-0.15, -0.1) is 0 Å². The molecule has 0 fully saturated rings. The van der Waals surface area contributed by atoms with Crippen molar-refractivity contribution in [3.8, 4) is 0 Å². The van der Waals surface area contributed by atoms with E-state index in [1.54, 1.807) is 0 Å². The number of hydrogen-bond acceptors (Lipinski definition) is 3. The normalized spacial score (nSPS) is 12.4. The minimum atomic E-state index is 0.172. The Hall–Kier alpha value is -0.120. The first-order chi connectivity index (χ1) is 7.20. The van der Waals surface area contributed by atoms with Gasteiger partial charge < -0.3 is 10.5 Å². The molecule has 0 aromatic heterocycles. The van der Waals surface area contributed by atoms with Gasteiger partial charge in [0.15, 0.2) is 0 Å². The molecule has 3 nitrogen and oxygen atoms in total. The molecule has 0 radical (unpaired) electrons. The summed E-state index contributed by atoms with van der Waals surface area (Å²) in [5.41, 5.74) is 6.10. The second-order valence-corrected chi connectivity index (χ2v) is 3.91. The summed E-state index contributed by atoms with van der Waals surface area (Å²) in [4.78, 5) is 2.46. The van der Waals surface area contributed by atoms with Crippen molar-refractivity contribution in [3.63, 3.8) is 0 Å². The number of nitrogens with zero attached hydrogens (tertiary/aromatic N) is 1. The van der Waals surface area contributed by atoms with Crippen LogP contribution in [0.3, 0.4) is 0 Å². The number of ether oxygens (including phenoxy) is 1. The molecule has 0 amide bonds. The molecule has 0 atom stereocenters. The Morgan fingerprint density at radius 3 is 2.07 bits per heavy atom. The summed E-state index contributed by atoms with van der Waals surface area (Å²) in [5, 5.41) is 0. The highest BCUT2D eigenvalue weighted by Gasteiger charge is 2.30. The summed E-state index contributed by atoms with van der Waals surface area (Å²) in [6.45, 7) is 13.1. The van der Waals surface area contributed by atoms with E-state index in [2.05, 4.69) is 25.7 Å². The van der Waals surface area contributed by atoms with Crippen LogP contribution in [0.25, 0.3) is 0 Å². The molecule has 15 heavy (non-hydrogen) atoms. The van der Waals surface area contributed by atoms with Gasteiger partial charge in [0.1, 0.15) is 0 Å². The van der Waals surface area contributed by atoms with Gasteiger partial charge in [0.05, 0.1) is 6.61 Å². The predicted molar refractivity (Wildman–Crippen MR) is 66.1 cm³/mol. The van der Waals surface area contributed by atoms with Gasteiger partial charge in [0, 0.05) is 25.2 Å². The van der Waals surface area contributed by atoms with E-state index in [1.807, 2.05) is 6.92 Å². The molecule has 3 heteroatoms. The van der Waals surface area contributed by atoms with Crippen molar-refractivity contribution in [2.45, 2.75) is 46.1 Å². The average molecular weight is 216 g/mol. The van der Waals surface area contributed by atoms with Gasteiger partial charge in [0.2, 0.25) is 0 Å². The van der Waals surface area contributed by atoms with E-state index >= 15 is 0 Å². The fourth-order valence-electron chi connectivity index (χ4n) is 2.16. The molecule has 0 heterocycles. The van der Waals surface area contributed by atoms with E-state index in [1.165, 1.54) is 0 Å². The van der Waals surface area contributed by atoms with Crippen LogP contribution in [0.15, 0.2) is 0 Å². The Balaban J connectivity index is 4.31. The maximum Gasteiger partial charge on any atom is 0.0593 e. The third-order valence-corrected chi connectivity index (χ3v) is 3.46. The molecule has 0 unspecified atom stereocenters. The Kier molecular flexibility index (Phi) is 8.02. The molecule has 0 saturated carbocycles. The Labute approximate surface area is 95.0 Å². The van der Waals surface area contributed by atoms with E-state index in [0.29, 0.717) is 0 Å². The molecule has 2 N–H and O–H groups in total. The van der Waals surface area contributed by atoms with Crippen molar-refractivity contribution in [2.24, 2.45) is 5.73 Å². The van der Waals surface area contributed by atoms with Crippen LogP contribution in [0.4, 0.5) is 0 Å². The predicted octanol–water partition coefficient (Wildman–Crippen LogP) is 1.86. The molecule has 0 aromatic rings. The number of likely N-dealkylation sites (N-methyl/N-ethyl adjacent to an activating group) is 1. The lowest BCUT2D eigenvalue weighted by atomic mass is 9.90. The fraction of sp³-hybridized carbons (Fsp3) is 1.00. The van der Waals surface area contributed by atoms with Crippen molar-refractivity contribution in [2.75, 3.05) is 32.8 Å². The standard InChI is InChI=1S/C12H28N2O/c1-5-12(6-2,11-13)14(7-3)9-10-15-8-4/h5-11,13H2,1-4H3. The maximum absolute atomic E-state index is 5.93. The first kappa shape index (κ1) is 14.9. The summed E-state index contributed by atoms with van der Waals surface area (Å²) in [6.07, 6.45) is 2.22. The highest BCUT2D eigenvalue weighted by Crippen LogP contribution is 2.22. The van der Waals surface area contributed by atoms with Crippen LogP contribution in [0.5, 0.6) is 0 Å².